The molecule has 2 heterocycles. The first-order valence-electron chi connectivity index (χ1n) is 27.0. The van der Waals surface area contributed by atoms with Gasteiger partial charge in [-0.2, -0.15) is 0 Å². The summed E-state index contributed by atoms with van der Waals surface area (Å²) < 4.78 is 26.5. The Hall–Kier alpha value is -5.29. The third-order valence-electron chi connectivity index (χ3n) is 14.1. The number of nitrogens with zero attached hydrogens (tertiary/aromatic N) is 2. The van der Waals surface area contributed by atoms with E-state index in [0.717, 1.165) is 59.3 Å². The van der Waals surface area contributed by atoms with Gasteiger partial charge in [0, 0.05) is 39.0 Å². The lowest BCUT2D eigenvalue weighted by Crippen LogP contribution is -2.67. The molecule has 4 aromatic rings. The molecule has 402 valence electrons. The Morgan fingerprint density at radius 2 is 0.716 bits per heavy atom. The van der Waals surface area contributed by atoms with Crippen LogP contribution in [-0.2, 0) is 27.9 Å². The van der Waals surface area contributed by atoms with E-state index in [2.05, 4.69) is 149 Å². The summed E-state index contributed by atoms with van der Waals surface area (Å²) >= 11 is 0. The van der Waals surface area contributed by atoms with E-state index in [1.165, 1.54) is 0 Å². The van der Waals surface area contributed by atoms with Crippen LogP contribution in [0.1, 0.15) is 134 Å². The molecule has 2 fully saturated rings. The zero-order valence-electron chi connectivity index (χ0n) is 46.5. The number of amides is 4. The number of unbranched alkanes of at least 4 members (excludes halogenated alkanes) is 5. The second kappa shape index (κ2) is 24.6. The van der Waals surface area contributed by atoms with Gasteiger partial charge < -0.3 is 29.0 Å². The lowest BCUT2D eigenvalue weighted by molar-refractivity contribution is -0.126. The van der Waals surface area contributed by atoms with Gasteiger partial charge >= 0.3 is 12.2 Å². The van der Waals surface area contributed by atoms with Crippen molar-refractivity contribution in [2.75, 3.05) is 26.2 Å². The summed E-state index contributed by atoms with van der Waals surface area (Å²) in [6, 6.07) is 40.2. The molecule has 0 saturated carbocycles. The molecular formula is C60H86N4O8Si2. The fraction of sp³-hybridized carbons (Fsp3) is 0.533. The van der Waals surface area contributed by atoms with E-state index in [1.54, 1.807) is 9.80 Å². The predicted octanol–water partition coefficient (Wildman–Crippen LogP) is 9.47. The Balaban J connectivity index is 1.01. The first-order chi connectivity index (χ1) is 34.9. The Kier molecular flexibility index (Phi) is 19.3. The molecule has 6 rings (SSSR count). The van der Waals surface area contributed by atoms with E-state index in [-0.39, 0.29) is 47.2 Å². The van der Waals surface area contributed by atoms with Gasteiger partial charge in [0.25, 0.3) is 16.6 Å². The van der Waals surface area contributed by atoms with Gasteiger partial charge in [-0.05, 0) is 85.2 Å². The van der Waals surface area contributed by atoms with Gasteiger partial charge in [-0.1, -0.05) is 189 Å². The van der Waals surface area contributed by atoms with Gasteiger partial charge in [-0.25, -0.2) is 9.59 Å². The van der Waals surface area contributed by atoms with Crippen LogP contribution in [-0.4, -0.2) is 112 Å². The summed E-state index contributed by atoms with van der Waals surface area (Å²) in [4.78, 5) is 58.6. The summed E-state index contributed by atoms with van der Waals surface area (Å²) in [7, 11) is -5.92. The van der Waals surface area contributed by atoms with E-state index < -0.39 is 52.1 Å². The molecule has 0 aromatic heterocycles. The molecule has 0 bridgehead atoms. The summed E-state index contributed by atoms with van der Waals surface area (Å²) in [6.45, 7) is 25.8. The van der Waals surface area contributed by atoms with E-state index in [9.17, 15) is 19.2 Å². The number of nitrogens with one attached hydrogen (secondary N) is 2. The summed E-state index contributed by atoms with van der Waals surface area (Å²) in [5.74, 6) is -0.401. The lowest BCUT2D eigenvalue weighted by Gasteiger charge is -2.44. The van der Waals surface area contributed by atoms with Gasteiger partial charge in [-0.3, -0.25) is 19.4 Å². The highest BCUT2D eigenvalue weighted by atomic mass is 28.4. The molecule has 2 aliphatic rings. The number of carbonyl (C=O) groups is 4. The van der Waals surface area contributed by atoms with Crippen LogP contribution in [0.4, 0.5) is 9.59 Å². The molecule has 4 amide bonds. The standard InChI is InChI=1S/C60H86N4O8Si2/c1-57(2,3)69-55(67)63-43-45(71-73(59(7,8)9,47-31-21-17-22-32-47)48-33-23-18-24-34-48)41-51(63)53(65)61-39-29-15-13-14-16-30-40-62-54(66)52-42-46(44-64(52)56(68)70-58(4,5)6)72-74(60(10,11)12,49-35-25-19-26-36-49)50-37-27-20-28-38-50/h17-28,31-38,45-46,51-52H,13-16,29-30,39-44H2,1-12H3,(H,61,65)(H,62,66)/t45-,46-,51+,52+/m1/s1. The van der Waals surface area contributed by atoms with E-state index in [0.29, 0.717) is 25.9 Å². The molecule has 14 heteroatoms. The highest BCUT2D eigenvalue weighted by Crippen LogP contribution is 2.41. The van der Waals surface area contributed by atoms with Gasteiger partial charge in [0.15, 0.2) is 0 Å². The molecule has 2 saturated heterocycles. The Morgan fingerprint density at radius 1 is 0.446 bits per heavy atom. The maximum atomic E-state index is 14.0. The van der Waals surface area contributed by atoms with Crippen LogP contribution in [0, 0.1) is 0 Å². The summed E-state index contributed by atoms with van der Waals surface area (Å²) in [5.41, 5.74) is -1.46. The van der Waals surface area contributed by atoms with Gasteiger partial charge in [0.1, 0.15) is 23.3 Å². The molecule has 0 radical (unpaired) electrons. The minimum atomic E-state index is -2.96. The van der Waals surface area contributed by atoms with Crippen molar-refractivity contribution in [1.29, 1.82) is 0 Å². The predicted molar refractivity (Wildman–Crippen MR) is 301 cm³/mol. The maximum absolute atomic E-state index is 14.0. The third-order valence-corrected chi connectivity index (χ3v) is 24.3. The van der Waals surface area contributed by atoms with Crippen molar-refractivity contribution in [1.82, 2.24) is 20.4 Å². The van der Waals surface area contributed by atoms with Crippen molar-refractivity contribution in [2.45, 2.75) is 180 Å². The number of rotatable bonds is 19. The van der Waals surface area contributed by atoms with Crippen molar-refractivity contribution < 1.29 is 37.5 Å². The highest BCUT2D eigenvalue weighted by Gasteiger charge is 2.55. The fourth-order valence-corrected chi connectivity index (χ4v) is 20.2. The number of benzene rings is 4. The Labute approximate surface area is 444 Å². The Bertz CT molecular complexity index is 2190. The van der Waals surface area contributed by atoms with Gasteiger partial charge in [0.2, 0.25) is 11.8 Å². The molecule has 0 aliphatic carbocycles. The first-order valence-corrected chi connectivity index (χ1v) is 30.8. The van der Waals surface area contributed by atoms with Crippen LogP contribution in [0.2, 0.25) is 10.1 Å². The van der Waals surface area contributed by atoms with Crippen LogP contribution in [0.25, 0.3) is 0 Å². The average Bonchev–Trinajstić information content (AvgIpc) is 3.97. The highest BCUT2D eigenvalue weighted by molar-refractivity contribution is 7.00. The van der Waals surface area contributed by atoms with E-state index >= 15 is 0 Å². The zero-order valence-corrected chi connectivity index (χ0v) is 48.5. The van der Waals surface area contributed by atoms with Crippen LogP contribution < -0.4 is 31.4 Å². The minimum Gasteiger partial charge on any atom is -0.444 e. The first kappa shape index (κ1) is 58.0. The molecule has 4 atom stereocenters. The molecule has 74 heavy (non-hydrogen) atoms. The molecule has 0 unspecified atom stereocenters. The number of hydrogen-bond acceptors (Lipinski definition) is 8. The molecule has 2 N–H and O–H groups in total. The third kappa shape index (κ3) is 14.3. The molecule has 2 aliphatic heterocycles. The van der Waals surface area contributed by atoms with Crippen LogP contribution >= 0.6 is 0 Å². The smallest absolute Gasteiger partial charge is 0.411 e. The molecule has 4 aromatic carbocycles. The SMILES string of the molecule is CC(C)(C)OC(=O)N1C[C@H](O[Si](c2ccccc2)(c2ccccc2)C(C)(C)C)C[C@H]1C(=O)NCCCCCCCCNC(=O)[C@@H]1C[C@@H](O[Si](c2ccccc2)(c2ccccc2)C(C)(C)C)CN1C(=O)OC(C)(C)C. The largest absolute Gasteiger partial charge is 0.444 e. The van der Waals surface area contributed by atoms with Crippen molar-refractivity contribution in [3.05, 3.63) is 121 Å². The van der Waals surface area contributed by atoms with Crippen molar-refractivity contribution in [3.8, 4) is 0 Å². The quantitative estimate of drug-likeness (QED) is 0.0701. The fourth-order valence-electron chi connectivity index (χ4n) is 10.8. The summed E-state index contributed by atoms with van der Waals surface area (Å²) in [6.07, 6.45) is 4.30. The number of ether oxygens (including phenoxy) is 2. The van der Waals surface area contributed by atoms with Crippen LogP contribution in [0.3, 0.4) is 0 Å². The second-order valence-corrected chi connectivity index (χ2v) is 32.8. The van der Waals surface area contributed by atoms with Gasteiger partial charge in [-0.15, -0.1) is 0 Å². The van der Waals surface area contributed by atoms with Crippen LogP contribution in [0.5, 0.6) is 0 Å². The van der Waals surface area contributed by atoms with E-state index in [4.69, 9.17) is 18.3 Å². The van der Waals surface area contributed by atoms with Crippen LogP contribution in [0.15, 0.2) is 121 Å². The normalized spacial score (nSPS) is 18.8. The number of hydrogen-bond donors (Lipinski definition) is 2. The monoisotopic (exact) mass is 1050 g/mol. The maximum Gasteiger partial charge on any atom is 0.411 e. The summed E-state index contributed by atoms with van der Waals surface area (Å²) in [5, 5.41) is 10.3. The van der Waals surface area contributed by atoms with Crippen molar-refractivity contribution >= 4 is 61.4 Å². The molecule has 0 spiro atoms. The second-order valence-electron chi connectivity index (χ2n) is 24.3. The minimum absolute atomic E-state index is 0.200. The Morgan fingerprint density at radius 3 is 0.973 bits per heavy atom. The zero-order chi connectivity index (χ0) is 54.0. The molecule has 12 nitrogen and oxygen atoms in total. The average molecular weight is 1050 g/mol. The van der Waals surface area contributed by atoms with Gasteiger partial charge in [0.05, 0.1) is 12.2 Å². The number of carbonyl (C=O) groups excluding carboxylic acids is 4. The van der Waals surface area contributed by atoms with E-state index in [1.807, 2.05) is 65.8 Å². The number of likely N-dealkylation sites (tertiary alicyclic amines) is 2. The molecular weight excluding hydrogens is 961 g/mol. The van der Waals surface area contributed by atoms with Crippen molar-refractivity contribution in [3.63, 3.8) is 0 Å². The topological polar surface area (TPSA) is 136 Å². The van der Waals surface area contributed by atoms with Crippen molar-refractivity contribution in [2.24, 2.45) is 0 Å². The lowest BCUT2D eigenvalue weighted by atomic mass is 10.1.